The second-order valence-electron chi connectivity index (χ2n) is 8.07. The lowest BCUT2D eigenvalue weighted by Crippen LogP contribution is -2.40. The number of rotatable bonds is 4. The van der Waals surface area contributed by atoms with Gasteiger partial charge in [0.15, 0.2) is 0 Å². The van der Waals surface area contributed by atoms with Crippen LogP contribution in [0.15, 0.2) is 57.0 Å². The Balaban J connectivity index is 1.95. The van der Waals surface area contributed by atoms with Crippen LogP contribution in [0.1, 0.15) is 16.7 Å². The third kappa shape index (κ3) is 4.08. The molecule has 0 saturated carbocycles. The summed E-state index contributed by atoms with van der Waals surface area (Å²) in [6.45, 7) is 0.638. The molecule has 0 bridgehead atoms. The fourth-order valence-electron chi connectivity index (χ4n) is 4.04. The van der Waals surface area contributed by atoms with E-state index in [1.807, 2.05) is 0 Å². The van der Waals surface area contributed by atoms with Crippen molar-refractivity contribution in [3.63, 3.8) is 0 Å². The predicted octanol–water partition coefficient (Wildman–Crippen LogP) is 2.62. The van der Waals surface area contributed by atoms with Gasteiger partial charge in [0.05, 0.1) is 35.0 Å². The fourth-order valence-corrected chi connectivity index (χ4v) is 4.04. The highest BCUT2D eigenvalue weighted by Gasteiger charge is 2.33. The molecule has 188 valence electrons. The van der Waals surface area contributed by atoms with Crippen molar-refractivity contribution in [1.82, 2.24) is 18.3 Å². The maximum absolute atomic E-state index is 13.4. The van der Waals surface area contributed by atoms with Crippen LogP contribution in [0.5, 0.6) is 5.75 Å². The number of carbonyl (C=O) groups is 1. The van der Waals surface area contributed by atoms with Gasteiger partial charge in [-0.15, -0.1) is 0 Å². The number of imidazole rings is 1. The van der Waals surface area contributed by atoms with Crippen LogP contribution in [0.4, 0.5) is 18.0 Å². The number of aryl methyl sites for hydroxylation is 2. The standard InChI is InChI=1S/C23H19F3N4O6/c1-12-13(5-4-6-15(12)23(24,25)26)10-30-19(31)18(36-22(34)35)11-29(21(30)33)14-7-8-16-17(9-14)28(3)20(32)27(16)2/h4-9,11H,10H2,1-3H3,(H,34,35). The van der Waals surface area contributed by atoms with E-state index in [0.717, 1.165) is 22.9 Å². The molecule has 0 aliphatic carbocycles. The quantitative estimate of drug-likeness (QED) is 0.427. The Bertz CT molecular complexity index is 1710. The monoisotopic (exact) mass is 504 g/mol. The first-order chi connectivity index (χ1) is 16.8. The average molecular weight is 504 g/mol. The second kappa shape index (κ2) is 8.59. The van der Waals surface area contributed by atoms with Gasteiger partial charge in [-0.1, -0.05) is 12.1 Å². The minimum atomic E-state index is -4.65. The molecule has 4 aromatic rings. The maximum atomic E-state index is 13.4. The molecule has 0 unspecified atom stereocenters. The van der Waals surface area contributed by atoms with Crippen LogP contribution < -0.4 is 21.7 Å². The number of aromatic nitrogens is 4. The minimum Gasteiger partial charge on any atom is -0.449 e. The molecule has 4 rings (SSSR count). The van der Waals surface area contributed by atoms with Gasteiger partial charge in [-0.25, -0.2) is 14.4 Å². The number of carboxylic acid groups (broad SMARTS) is 1. The van der Waals surface area contributed by atoms with Crippen molar-refractivity contribution in [2.75, 3.05) is 0 Å². The average Bonchev–Trinajstić information content (AvgIpc) is 3.02. The van der Waals surface area contributed by atoms with Gasteiger partial charge < -0.3 is 9.84 Å². The first-order valence-corrected chi connectivity index (χ1v) is 10.4. The Kier molecular flexibility index (Phi) is 5.86. The molecule has 0 radical (unpaired) electrons. The zero-order valence-electron chi connectivity index (χ0n) is 19.2. The Morgan fingerprint density at radius 2 is 1.67 bits per heavy atom. The van der Waals surface area contributed by atoms with Gasteiger partial charge in [0, 0.05) is 14.1 Å². The maximum Gasteiger partial charge on any atom is 0.511 e. The molecule has 0 amide bonds. The van der Waals surface area contributed by atoms with Gasteiger partial charge in [0.1, 0.15) is 0 Å². The predicted molar refractivity (Wildman–Crippen MR) is 122 cm³/mol. The third-order valence-electron chi connectivity index (χ3n) is 5.95. The molecule has 0 aliphatic heterocycles. The topological polar surface area (TPSA) is 117 Å². The molecule has 10 nitrogen and oxygen atoms in total. The van der Waals surface area contributed by atoms with Crippen LogP contribution >= 0.6 is 0 Å². The van der Waals surface area contributed by atoms with E-state index >= 15 is 0 Å². The molecule has 0 atom stereocenters. The molecule has 0 saturated heterocycles. The number of fused-ring (bicyclic) bond motifs is 1. The molecule has 0 spiro atoms. The van der Waals surface area contributed by atoms with Crippen LogP contribution in [0.25, 0.3) is 16.7 Å². The molecule has 13 heteroatoms. The Morgan fingerprint density at radius 3 is 2.31 bits per heavy atom. The summed E-state index contributed by atoms with van der Waals surface area (Å²) in [5, 5.41) is 9.06. The van der Waals surface area contributed by atoms with Crippen molar-refractivity contribution in [2.24, 2.45) is 14.1 Å². The van der Waals surface area contributed by atoms with Crippen LogP contribution in [0, 0.1) is 6.92 Å². The SMILES string of the molecule is Cc1c(Cn2c(=O)c(OC(=O)O)cn(-c3ccc4c(c3)n(C)c(=O)n4C)c2=O)cccc1C(F)(F)F. The number of alkyl halides is 3. The summed E-state index contributed by atoms with van der Waals surface area (Å²) in [5.41, 5.74) is -2.33. The Labute approximate surface area is 199 Å². The van der Waals surface area contributed by atoms with Crippen molar-refractivity contribution < 1.29 is 27.8 Å². The van der Waals surface area contributed by atoms with Gasteiger partial charge in [-0.3, -0.25) is 23.1 Å². The van der Waals surface area contributed by atoms with Gasteiger partial charge in [0.25, 0.3) is 5.56 Å². The molecule has 2 aromatic heterocycles. The summed E-state index contributed by atoms with van der Waals surface area (Å²) in [7, 11) is 3.08. The van der Waals surface area contributed by atoms with Crippen molar-refractivity contribution in [3.8, 4) is 11.4 Å². The smallest absolute Gasteiger partial charge is 0.449 e. The highest BCUT2D eigenvalue weighted by Crippen LogP contribution is 2.33. The number of halogens is 3. The first kappa shape index (κ1) is 24.6. The van der Waals surface area contributed by atoms with Crippen molar-refractivity contribution in [3.05, 3.63) is 90.6 Å². The van der Waals surface area contributed by atoms with E-state index in [4.69, 9.17) is 5.11 Å². The van der Waals surface area contributed by atoms with E-state index in [1.165, 1.54) is 41.3 Å². The second-order valence-corrected chi connectivity index (χ2v) is 8.07. The van der Waals surface area contributed by atoms with Crippen molar-refractivity contribution in [1.29, 1.82) is 0 Å². The molecule has 0 aliphatic rings. The summed E-state index contributed by atoms with van der Waals surface area (Å²) < 4.78 is 48.9. The summed E-state index contributed by atoms with van der Waals surface area (Å²) in [6.07, 6.45) is -5.59. The first-order valence-electron chi connectivity index (χ1n) is 10.4. The van der Waals surface area contributed by atoms with Gasteiger partial charge >= 0.3 is 23.7 Å². The normalized spacial score (nSPS) is 11.7. The Hall–Kier alpha value is -4.55. The molecule has 2 heterocycles. The van der Waals surface area contributed by atoms with E-state index in [-0.39, 0.29) is 22.5 Å². The zero-order chi connectivity index (χ0) is 26.5. The Morgan fingerprint density at radius 1 is 1.00 bits per heavy atom. The molecule has 2 aromatic carbocycles. The van der Waals surface area contributed by atoms with Crippen LogP contribution in [-0.2, 0) is 26.8 Å². The van der Waals surface area contributed by atoms with E-state index < -0.39 is 41.4 Å². The lowest BCUT2D eigenvalue weighted by atomic mass is 10.0. The van der Waals surface area contributed by atoms with E-state index in [1.54, 1.807) is 13.1 Å². The molecule has 36 heavy (non-hydrogen) atoms. The number of nitrogens with zero attached hydrogens (tertiary/aromatic N) is 4. The van der Waals surface area contributed by atoms with Crippen LogP contribution in [-0.4, -0.2) is 29.5 Å². The van der Waals surface area contributed by atoms with Gasteiger partial charge in [0.2, 0.25) is 5.75 Å². The van der Waals surface area contributed by atoms with E-state index in [2.05, 4.69) is 4.74 Å². The third-order valence-corrected chi connectivity index (χ3v) is 5.95. The van der Waals surface area contributed by atoms with Crippen LogP contribution in [0.3, 0.4) is 0 Å². The fraction of sp³-hybridized carbons (Fsp3) is 0.217. The molecular weight excluding hydrogens is 485 g/mol. The number of benzene rings is 2. The zero-order valence-corrected chi connectivity index (χ0v) is 19.2. The van der Waals surface area contributed by atoms with Gasteiger partial charge in [-0.2, -0.15) is 13.2 Å². The highest BCUT2D eigenvalue weighted by molar-refractivity contribution is 5.78. The lowest BCUT2D eigenvalue weighted by Gasteiger charge is -2.16. The summed E-state index contributed by atoms with van der Waals surface area (Å²) in [6, 6.07) is 7.87. The molecule has 1 N–H and O–H groups in total. The van der Waals surface area contributed by atoms with E-state index in [9.17, 15) is 32.3 Å². The minimum absolute atomic E-state index is 0.0314. The van der Waals surface area contributed by atoms with E-state index in [0.29, 0.717) is 15.6 Å². The summed E-state index contributed by atoms with van der Waals surface area (Å²) >= 11 is 0. The number of hydrogen-bond donors (Lipinski definition) is 1. The van der Waals surface area contributed by atoms with Crippen LogP contribution in [0.2, 0.25) is 0 Å². The van der Waals surface area contributed by atoms with Gasteiger partial charge in [-0.05, 0) is 42.3 Å². The largest absolute Gasteiger partial charge is 0.511 e. The molecule has 0 fully saturated rings. The highest BCUT2D eigenvalue weighted by atomic mass is 19.4. The lowest BCUT2D eigenvalue weighted by molar-refractivity contribution is -0.138. The molecular formula is C23H19F3N4O6. The van der Waals surface area contributed by atoms with Crippen molar-refractivity contribution >= 4 is 17.2 Å². The number of hydrogen-bond acceptors (Lipinski definition) is 5. The summed E-state index contributed by atoms with van der Waals surface area (Å²) in [4.78, 5) is 49.7. The summed E-state index contributed by atoms with van der Waals surface area (Å²) in [5.74, 6) is -0.728. The van der Waals surface area contributed by atoms with Crippen molar-refractivity contribution in [2.45, 2.75) is 19.6 Å². The number of ether oxygens (including phenoxy) is 1.